The van der Waals surface area contributed by atoms with Crippen LogP contribution in [0.25, 0.3) is 6.08 Å². The highest BCUT2D eigenvalue weighted by Gasteiger charge is 2.58. The average molecular weight is 353 g/mol. The standard InChI is InChI=1S/C21H27N3O2/c25-19(22-18-8-9-18)21(10-11-21)20(26)24-15-13-23(14-16-24)12-4-7-17-5-2-1-3-6-17/h1-7,18H,8-16H2,(H,22,25)/b7-4+. The molecule has 1 aromatic carbocycles. The zero-order valence-corrected chi connectivity index (χ0v) is 15.2. The predicted octanol–water partition coefficient (Wildman–Crippen LogP) is 1.90. The van der Waals surface area contributed by atoms with Gasteiger partial charge in [-0.05, 0) is 31.2 Å². The minimum absolute atomic E-state index is 0.0294. The van der Waals surface area contributed by atoms with E-state index in [9.17, 15) is 9.59 Å². The molecule has 0 atom stereocenters. The van der Waals surface area contributed by atoms with Crippen LogP contribution in [0.5, 0.6) is 0 Å². The number of hydrogen-bond acceptors (Lipinski definition) is 3. The molecule has 2 aliphatic carbocycles. The maximum Gasteiger partial charge on any atom is 0.238 e. The van der Waals surface area contributed by atoms with Gasteiger partial charge in [0.1, 0.15) is 5.41 Å². The first-order chi connectivity index (χ1) is 12.7. The van der Waals surface area contributed by atoms with E-state index in [0.29, 0.717) is 18.9 Å². The smallest absolute Gasteiger partial charge is 0.238 e. The van der Waals surface area contributed by atoms with Crippen LogP contribution in [0.1, 0.15) is 31.2 Å². The number of nitrogens with zero attached hydrogens (tertiary/aromatic N) is 2. The van der Waals surface area contributed by atoms with Gasteiger partial charge in [-0.2, -0.15) is 0 Å². The molecule has 1 saturated heterocycles. The van der Waals surface area contributed by atoms with Gasteiger partial charge in [0, 0.05) is 38.8 Å². The van der Waals surface area contributed by atoms with Crippen LogP contribution < -0.4 is 5.32 Å². The fourth-order valence-corrected chi connectivity index (χ4v) is 3.55. The molecule has 2 saturated carbocycles. The first-order valence-corrected chi connectivity index (χ1v) is 9.72. The molecule has 0 aromatic heterocycles. The van der Waals surface area contributed by atoms with Crippen molar-refractivity contribution in [3.63, 3.8) is 0 Å². The molecule has 5 heteroatoms. The van der Waals surface area contributed by atoms with Crippen molar-refractivity contribution in [3.8, 4) is 0 Å². The minimum Gasteiger partial charge on any atom is -0.352 e. The van der Waals surface area contributed by atoms with E-state index in [0.717, 1.165) is 45.6 Å². The van der Waals surface area contributed by atoms with Gasteiger partial charge in [0.15, 0.2) is 0 Å². The molecule has 0 unspecified atom stereocenters. The third kappa shape index (κ3) is 3.83. The number of amides is 2. The minimum atomic E-state index is -0.738. The summed E-state index contributed by atoms with van der Waals surface area (Å²) in [6.07, 6.45) is 7.86. The van der Waals surface area contributed by atoms with E-state index in [4.69, 9.17) is 0 Å². The van der Waals surface area contributed by atoms with Gasteiger partial charge in [-0.1, -0.05) is 42.5 Å². The number of rotatable bonds is 6. The molecule has 3 fully saturated rings. The van der Waals surface area contributed by atoms with Crippen molar-refractivity contribution in [2.45, 2.75) is 31.7 Å². The molecule has 5 nitrogen and oxygen atoms in total. The summed E-state index contributed by atoms with van der Waals surface area (Å²) >= 11 is 0. The number of carbonyl (C=O) groups is 2. The van der Waals surface area contributed by atoms with Gasteiger partial charge in [0.2, 0.25) is 11.8 Å². The van der Waals surface area contributed by atoms with Crippen molar-refractivity contribution in [3.05, 3.63) is 42.0 Å². The Morgan fingerprint density at radius 3 is 2.38 bits per heavy atom. The van der Waals surface area contributed by atoms with E-state index in [1.54, 1.807) is 0 Å². The molecule has 1 heterocycles. The zero-order chi connectivity index (χ0) is 18.0. The molecule has 1 aliphatic heterocycles. The Morgan fingerprint density at radius 1 is 1.08 bits per heavy atom. The maximum absolute atomic E-state index is 12.9. The monoisotopic (exact) mass is 353 g/mol. The van der Waals surface area contributed by atoms with Crippen molar-refractivity contribution in [2.75, 3.05) is 32.7 Å². The van der Waals surface area contributed by atoms with Crippen molar-refractivity contribution < 1.29 is 9.59 Å². The summed E-state index contributed by atoms with van der Waals surface area (Å²) in [6.45, 7) is 4.06. The third-order valence-electron chi connectivity index (χ3n) is 5.64. The Labute approximate surface area is 155 Å². The van der Waals surface area contributed by atoms with Crippen LogP contribution in [0.3, 0.4) is 0 Å². The summed E-state index contributed by atoms with van der Waals surface area (Å²) in [6, 6.07) is 10.6. The van der Waals surface area contributed by atoms with Gasteiger partial charge < -0.3 is 10.2 Å². The Morgan fingerprint density at radius 2 is 1.77 bits per heavy atom. The zero-order valence-electron chi connectivity index (χ0n) is 15.2. The van der Waals surface area contributed by atoms with Crippen molar-refractivity contribution in [1.82, 2.24) is 15.1 Å². The van der Waals surface area contributed by atoms with E-state index in [-0.39, 0.29) is 11.8 Å². The van der Waals surface area contributed by atoms with E-state index in [2.05, 4.69) is 34.5 Å². The topological polar surface area (TPSA) is 52.7 Å². The van der Waals surface area contributed by atoms with Gasteiger partial charge in [0.05, 0.1) is 0 Å². The Kier molecular flexibility index (Phi) is 4.81. The van der Waals surface area contributed by atoms with Crippen LogP contribution in [-0.2, 0) is 9.59 Å². The Balaban J connectivity index is 1.25. The summed E-state index contributed by atoms with van der Waals surface area (Å²) in [7, 11) is 0. The number of benzene rings is 1. The maximum atomic E-state index is 12.9. The van der Waals surface area contributed by atoms with Gasteiger partial charge in [-0.15, -0.1) is 0 Å². The lowest BCUT2D eigenvalue weighted by atomic mass is 10.0. The average Bonchev–Trinajstić information content (AvgIpc) is 3.57. The second-order valence-corrected chi connectivity index (χ2v) is 7.74. The third-order valence-corrected chi connectivity index (χ3v) is 5.64. The van der Waals surface area contributed by atoms with E-state index < -0.39 is 5.41 Å². The van der Waals surface area contributed by atoms with E-state index in [1.807, 2.05) is 23.1 Å². The lowest BCUT2D eigenvalue weighted by molar-refractivity contribution is -0.145. The van der Waals surface area contributed by atoms with Crippen LogP contribution in [0, 0.1) is 5.41 Å². The second-order valence-electron chi connectivity index (χ2n) is 7.74. The molecule has 4 rings (SSSR count). The van der Waals surface area contributed by atoms with E-state index in [1.165, 1.54) is 5.56 Å². The van der Waals surface area contributed by atoms with Crippen molar-refractivity contribution in [2.24, 2.45) is 5.41 Å². The summed E-state index contributed by atoms with van der Waals surface area (Å²) < 4.78 is 0. The van der Waals surface area contributed by atoms with Crippen LogP contribution in [-0.4, -0.2) is 60.4 Å². The molecule has 0 spiro atoms. The molecule has 0 bridgehead atoms. The molecule has 0 radical (unpaired) electrons. The number of nitrogens with one attached hydrogen (secondary N) is 1. The summed E-state index contributed by atoms with van der Waals surface area (Å²) in [5, 5.41) is 3.02. The van der Waals surface area contributed by atoms with Crippen LogP contribution in [0.4, 0.5) is 0 Å². The predicted molar refractivity (Wildman–Crippen MR) is 101 cm³/mol. The first kappa shape index (κ1) is 17.3. The fraction of sp³-hybridized carbons (Fsp3) is 0.524. The summed E-state index contributed by atoms with van der Waals surface area (Å²) in [5.41, 5.74) is 0.469. The Hall–Kier alpha value is -2.14. The highest BCUT2D eigenvalue weighted by molar-refractivity contribution is 6.08. The highest BCUT2D eigenvalue weighted by atomic mass is 16.2. The normalized spacial score (nSPS) is 22.4. The molecular weight excluding hydrogens is 326 g/mol. The van der Waals surface area contributed by atoms with Crippen molar-refractivity contribution in [1.29, 1.82) is 0 Å². The molecular formula is C21H27N3O2. The summed E-state index contributed by atoms with van der Waals surface area (Å²) in [4.78, 5) is 29.5. The molecule has 1 aromatic rings. The first-order valence-electron chi connectivity index (χ1n) is 9.72. The fourth-order valence-electron chi connectivity index (χ4n) is 3.55. The van der Waals surface area contributed by atoms with Crippen molar-refractivity contribution >= 4 is 17.9 Å². The lowest BCUT2D eigenvalue weighted by Gasteiger charge is -2.36. The van der Waals surface area contributed by atoms with Gasteiger partial charge in [0.25, 0.3) is 0 Å². The number of hydrogen-bond donors (Lipinski definition) is 1. The molecule has 138 valence electrons. The molecule has 3 aliphatic rings. The highest BCUT2D eigenvalue weighted by Crippen LogP contribution is 2.48. The molecule has 26 heavy (non-hydrogen) atoms. The van der Waals surface area contributed by atoms with Crippen LogP contribution >= 0.6 is 0 Å². The SMILES string of the molecule is O=C(NC1CC1)C1(C(=O)N2CCN(C/C=C/c3ccccc3)CC2)CC1. The molecule has 2 amide bonds. The number of carbonyl (C=O) groups excluding carboxylic acids is 2. The van der Waals surface area contributed by atoms with Gasteiger partial charge >= 0.3 is 0 Å². The molecule has 1 N–H and O–H groups in total. The van der Waals surface area contributed by atoms with E-state index >= 15 is 0 Å². The van der Waals surface area contributed by atoms with Crippen LogP contribution in [0.2, 0.25) is 0 Å². The largest absolute Gasteiger partial charge is 0.352 e. The van der Waals surface area contributed by atoms with Gasteiger partial charge in [-0.25, -0.2) is 0 Å². The van der Waals surface area contributed by atoms with Gasteiger partial charge in [-0.3, -0.25) is 14.5 Å². The number of piperazine rings is 1. The van der Waals surface area contributed by atoms with Crippen LogP contribution in [0.15, 0.2) is 36.4 Å². The quantitative estimate of drug-likeness (QED) is 0.795. The lowest BCUT2D eigenvalue weighted by Crippen LogP contribution is -2.53. The summed E-state index contributed by atoms with van der Waals surface area (Å²) in [5.74, 6) is 0.0216. The Bertz CT molecular complexity index is 684. The second kappa shape index (κ2) is 7.23.